The Morgan fingerprint density at radius 2 is 1.81 bits per heavy atom. The van der Waals surface area contributed by atoms with Crippen molar-refractivity contribution in [3.8, 4) is 0 Å². The Kier molecular flexibility index (Phi) is 5.39. The molecule has 1 aromatic carbocycles. The molecule has 8 heteroatoms. The number of hydrogen-bond donors (Lipinski definition) is 2. The molecular weight excluding hydrogens is 338 g/mol. The summed E-state index contributed by atoms with van der Waals surface area (Å²) in [4.78, 5) is 36.2. The third-order valence-corrected chi connectivity index (χ3v) is 5.18. The molecule has 2 N–H and O–H groups in total. The molecule has 0 aromatic heterocycles. The first-order valence-corrected chi connectivity index (χ1v) is 8.98. The Morgan fingerprint density at radius 1 is 1.15 bits per heavy atom. The zero-order chi connectivity index (χ0) is 18.7. The monoisotopic (exact) mass is 361 g/mol. The largest absolute Gasteiger partial charge is 0.481 e. The lowest BCUT2D eigenvalue weighted by Crippen LogP contribution is -2.47. The van der Waals surface area contributed by atoms with Gasteiger partial charge in [0.2, 0.25) is 0 Å². The van der Waals surface area contributed by atoms with Crippen LogP contribution in [0, 0.1) is 16.0 Å². The number of rotatable bonds is 6. The van der Waals surface area contributed by atoms with E-state index in [0.717, 1.165) is 12.8 Å². The summed E-state index contributed by atoms with van der Waals surface area (Å²) in [6, 6.07) is 6.34. The van der Waals surface area contributed by atoms with Gasteiger partial charge in [-0.2, -0.15) is 0 Å². The van der Waals surface area contributed by atoms with Gasteiger partial charge in [0.15, 0.2) is 0 Å². The van der Waals surface area contributed by atoms with Gasteiger partial charge in [0, 0.05) is 23.7 Å². The van der Waals surface area contributed by atoms with E-state index in [2.05, 4.69) is 5.32 Å². The Labute approximate surface area is 151 Å². The van der Waals surface area contributed by atoms with Crippen LogP contribution in [-0.2, 0) is 11.3 Å². The summed E-state index contributed by atoms with van der Waals surface area (Å²) in [6.45, 7) is 0.206. The van der Waals surface area contributed by atoms with Gasteiger partial charge in [-0.1, -0.05) is 18.2 Å². The molecule has 2 fully saturated rings. The van der Waals surface area contributed by atoms with Crippen molar-refractivity contribution < 1.29 is 19.6 Å². The zero-order valence-electron chi connectivity index (χ0n) is 14.5. The Bertz CT molecular complexity index is 696. The number of benzene rings is 1. The second-order valence-corrected chi connectivity index (χ2v) is 7.08. The summed E-state index contributed by atoms with van der Waals surface area (Å²) in [6.07, 6.45) is 4.22. The third-order valence-electron chi connectivity index (χ3n) is 5.18. The number of nitro benzene ring substituents is 1. The van der Waals surface area contributed by atoms with Crippen molar-refractivity contribution in [2.45, 2.75) is 57.2 Å². The number of nitro groups is 1. The third kappa shape index (κ3) is 4.30. The van der Waals surface area contributed by atoms with Gasteiger partial charge in [-0.3, -0.25) is 14.9 Å². The van der Waals surface area contributed by atoms with Crippen LogP contribution in [0.4, 0.5) is 10.5 Å². The summed E-state index contributed by atoms with van der Waals surface area (Å²) in [5, 5.41) is 23.3. The average molecular weight is 361 g/mol. The Morgan fingerprint density at radius 3 is 2.38 bits per heavy atom. The predicted molar refractivity (Wildman–Crippen MR) is 93.6 cm³/mol. The van der Waals surface area contributed by atoms with Crippen LogP contribution in [0.15, 0.2) is 24.3 Å². The Hall–Kier alpha value is -2.64. The SMILES string of the molecule is O=C(O)C1CCC(NC(=O)N(Cc2ccccc2[N+](=O)[O-])C2CC2)CC1. The summed E-state index contributed by atoms with van der Waals surface area (Å²) in [7, 11) is 0. The van der Waals surface area contributed by atoms with E-state index in [-0.39, 0.29) is 36.3 Å². The summed E-state index contributed by atoms with van der Waals surface area (Å²) in [5.41, 5.74) is 0.544. The van der Waals surface area contributed by atoms with Gasteiger partial charge in [0.25, 0.3) is 5.69 Å². The number of amides is 2. The molecule has 26 heavy (non-hydrogen) atoms. The lowest BCUT2D eigenvalue weighted by Gasteiger charge is -2.30. The number of nitrogens with zero attached hydrogens (tertiary/aromatic N) is 2. The number of carboxylic acids is 1. The number of urea groups is 1. The van der Waals surface area contributed by atoms with E-state index < -0.39 is 10.9 Å². The van der Waals surface area contributed by atoms with Gasteiger partial charge in [0.05, 0.1) is 17.4 Å². The van der Waals surface area contributed by atoms with Crippen molar-refractivity contribution in [1.29, 1.82) is 0 Å². The molecule has 8 nitrogen and oxygen atoms in total. The van der Waals surface area contributed by atoms with Gasteiger partial charge in [-0.25, -0.2) is 4.79 Å². The van der Waals surface area contributed by atoms with Crippen LogP contribution in [0.25, 0.3) is 0 Å². The second-order valence-electron chi connectivity index (χ2n) is 7.08. The fourth-order valence-corrected chi connectivity index (χ4v) is 3.50. The van der Waals surface area contributed by atoms with E-state index in [9.17, 15) is 19.7 Å². The summed E-state index contributed by atoms with van der Waals surface area (Å²) < 4.78 is 0. The molecule has 1 aromatic rings. The molecule has 0 atom stereocenters. The molecule has 0 unspecified atom stereocenters. The van der Waals surface area contributed by atoms with Gasteiger partial charge < -0.3 is 15.3 Å². The highest BCUT2D eigenvalue weighted by Gasteiger charge is 2.35. The van der Waals surface area contributed by atoms with Gasteiger partial charge in [0.1, 0.15) is 0 Å². The number of nitrogens with one attached hydrogen (secondary N) is 1. The predicted octanol–water partition coefficient (Wildman–Crippen LogP) is 2.91. The lowest BCUT2D eigenvalue weighted by molar-refractivity contribution is -0.385. The number of carbonyl (C=O) groups is 2. The van der Waals surface area contributed by atoms with Crippen molar-refractivity contribution in [2.75, 3.05) is 0 Å². The van der Waals surface area contributed by atoms with Crippen LogP contribution in [0.3, 0.4) is 0 Å². The molecule has 140 valence electrons. The number of aliphatic carboxylic acids is 1. The standard InChI is InChI=1S/C18H23N3O5/c22-17(23)12-5-7-14(8-6-12)19-18(24)20(15-9-10-15)11-13-3-1-2-4-16(13)21(25)26/h1-4,12,14-15H,5-11H2,(H,19,24)(H,22,23). The molecular formula is C18H23N3O5. The number of carboxylic acid groups (broad SMARTS) is 1. The highest BCUT2D eigenvalue weighted by molar-refractivity contribution is 5.75. The first kappa shape index (κ1) is 18.2. The van der Waals surface area contributed by atoms with Crippen LogP contribution >= 0.6 is 0 Å². The van der Waals surface area contributed by atoms with E-state index in [1.807, 2.05) is 0 Å². The normalized spacial score (nSPS) is 22.5. The molecule has 0 spiro atoms. The fourth-order valence-electron chi connectivity index (χ4n) is 3.50. The summed E-state index contributed by atoms with van der Waals surface area (Å²) in [5.74, 6) is -1.10. The highest BCUT2D eigenvalue weighted by atomic mass is 16.6. The van der Waals surface area contributed by atoms with Crippen molar-refractivity contribution in [3.63, 3.8) is 0 Å². The molecule has 0 heterocycles. The van der Waals surface area contributed by atoms with Crippen LogP contribution in [0.5, 0.6) is 0 Å². The number of para-hydroxylation sites is 1. The minimum absolute atomic E-state index is 0.0212. The first-order valence-electron chi connectivity index (χ1n) is 8.98. The highest BCUT2D eigenvalue weighted by Crippen LogP contribution is 2.31. The molecule has 2 amide bonds. The van der Waals surface area contributed by atoms with E-state index in [1.165, 1.54) is 6.07 Å². The topological polar surface area (TPSA) is 113 Å². The molecule has 0 bridgehead atoms. The van der Waals surface area contributed by atoms with Gasteiger partial charge in [-0.15, -0.1) is 0 Å². The van der Waals surface area contributed by atoms with E-state index >= 15 is 0 Å². The van der Waals surface area contributed by atoms with E-state index in [1.54, 1.807) is 23.1 Å². The second kappa shape index (κ2) is 7.72. The summed E-state index contributed by atoms with van der Waals surface area (Å²) >= 11 is 0. The molecule has 0 radical (unpaired) electrons. The van der Waals surface area contributed by atoms with Crippen LogP contribution in [0.2, 0.25) is 0 Å². The first-order chi connectivity index (χ1) is 12.5. The van der Waals surface area contributed by atoms with Gasteiger partial charge in [-0.05, 0) is 38.5 Å². The maximum absolute atomic E-state index is 12.7. The fraction of sp³-hybridized carbons (Fsp3) is 0.556. The van der Waals surface area contributed by atoms with Crippen LogP contribution in [0.1, 0.15) is 44.1 Å². The average Bonchev–Trinajstić information content (AvgIpc) is 3.45. The van der Waals surface area contributed by atoms with Crippen LogP contribution < -0.4 is 5.32 Å². The molecule has 2 aliphatic carbocycles. The van der Waals surface area contributed by atoms with Crippen molar-refractivity contribution >= 4 is 17.7 Å². The van der Waals surface area contributed by atoms with Crippen molar-refractivity contribution in [2.24, 2.45) is 5.92 Å². The molecule has 3 rings (SSSR count). The number of carbonyl (C=O) groups excluding carboxylic acids is 1. The lowest BCUT2D eigenvalue weighted by atomic mass is 9.86. The van der Waals surface area contributed by atoms with E-state index in [0.29, 0.717) is 31.2 Å². The Balaban J connectivity index is 1.63. The van der Waals surface area contributed by atoms with Crippen molar-refractivity contribution in [1.82, 2.24) is 10.2 Å². The minimum atomic E-state index is -0.772. The molecule has 2 saturated carbocycles. The van der Waals surface area contributed by atoms with Crippen LogP contribution in [-0.4, -0.2) is 39.0 Å². The van der Waals surface area contributed by atoms with Crippen molar-refractivity contribution in [3.05, 3.63) is 39.9 Å². The smallest absolute Gasteiger partial charge is 0.318 e. The quantitative estimate of drug-likeness (QED) is 0.597. The minimum Gasteiger partial charge on any atom is -0.481 e. The molecule has 2 aliphatic rings. The number of hydrogen-bond acceptors (Lipinski definition) is 4. The molecule has 0 saturated heterocycles. The maximum Gasteiger partial charge on any atom is 0.318 e. The van der Waals surface area contributed by atoms with E-state index in [4.69, 9.17) is 5.11 Å². The molecule has 0 aliphatic heterocycles. The van der Waals surface area contributed by atoms with Gasteiger partial charge >= 0.3 is 12.0 Å². The maximum atomic E-state index is 12.7. The zero-order valence-corrected chi connectivity index (χ0v) is 14.5.